The van der Waals surface area contributed by atoms with E-state index in [1.807, 2.05) is 12.1 Å². The standard InChI is InChI=1S/C38H39N3O6S2/c1-4-47-38(45)33-30-19-9-6-10-20-32(30)49-37(33)41-34(42)24(2)48-29-18-12-16-27(23-29)39-36(44)31(22-25-13-11-17-28(21-25)46-3)40-35(43)26-14-7-5-8-15-26/h5,7-8,11-18,21-24H,4,6,9-10,19-20H2,1-3H3,(H,39,44)(H,40,43)(H,41,42)/b31-22-. The van der Waals surface area contributed by atoms with Crippen LogP contribution >= 0.6 is 23.1 Å². The van der Waals surface area contributed by atoms with Crippen LogP contribution < -0.4 is 20.7 Å². The van der Waals surface area contributed by atoms with Crippen LogP contribution in [-0.2, 0) is 27.2 Å². The third-order valence-electron chi connectivity index (χ3n) is 7.85. The van der Waals surface area contributed by atoms with E-state index in [2.05, 4.69) is 16.0 Å². The van der Waals surface area contributed by atoms with Crippen LogP contribution in [0.2, 0.25) is 0 Å². The highest BCUT2D eigenvalue weighted by molar-refractivity contribution is 8.00. The molecule has 0 fully saturated rings. The van der Waals surface area contributed by atoms with Crippen LogP contribution in [0.15, 0.2) is 89.5 Å². The van der Waals surface area contributed by atoms with Crippen LogP contribution in [-0.4, -0.2) is 42.7 Å². The Morgan fingerprint density at radius 2 is 1.69 bits per heavy atom. The molecule has 0 saturated carbocycles. The molecule has 11 heteroatoms. The van der Waals surface area contributed by atoms with Crippen molar-refractivity contribution in [3.63, 3.8) is 0 Å². The van der Waals surface area contributed by atoms with E-state index in [0.717, 1.165) is 47.4 Å². The first kappa shape index (κ1) is 35.4. The molecular formula is C38H39N3O6S2. The van der Waals surface area contributed by atoms with Gasteiger partial charge in [-0.2, -0.15) is 0 Å². The molecule has 1 atom stereocenters. The first-order valence-corrected chi connectivity index (χ1v) is 17.9. The van der Waals surface area contributed by atoms with Crippen molar-refractivity contribution in [1.82, 2.24) is 5.32 Å². The second kappa shape index (κ2) is 17.0. The summed E-state index contributed by atoms with van der Waals surface area (Å²) in [5.74, 6) is -0.988. The second-order valence-electron chi connectivity index (χ2n) is 11.4. The smallest absolute Gasteiger partial charge is 0.341 e. The number of ether oxygens (including phenoxy) is 2. The van der Waals surface area contributed by atoms with E-state index in [0.29, 0.717) is 33.1 Å². The van der Waals surface area contributed by atoms with Gasteiger partial charge in [-0.3, -0.25) is 14.4 Å². The van der Waals surface area contributed by atoms with Gasteiger partial charge in [-0.05, 0) is 99.2 Å². The van der Waals surface area contributed by atoms with Gasteiger partial charge in [0.15, 0.2) is 0 Å². The normalized spacial score (nSPS) is 13.3. The lowest BCUT2D eigenvalue weighted by Crippen LogP contribution is -2.30. The lowest BCUT2D eigenvalue weighted by Gasteiger charge is -2.14. The number of thiophene rings is 1. The molecule has 3 aromatic carbocycles. The molecule has 4 aromatic rings. The van der Waals surface area contributed by atoms with Gasteiger partial charge >= 0.3 is 5.97 Å². The number of anilines is 2. The number of aryl methyl sites for hydroxylation is 1. The van der Waals surface area contributed by atoms with Crippen molar-refractivity contribution in [2.75, 3.05) is 24.4 Å². The molecule has 0 bridgehead atoms. The van der Waals surface area contributed by atoms with Crippen LogP contribution in [0.25, 0.3) is 6.08 Å². The molecule has 3 N–H and O–H groups in total. The monoisotopic (exact) mass is 697 g/mol. The minimum absolute atomic E-state index is 0.0414. The van der Waals surface area contributed by atoms with Gasteiger partial charge in [-0.1, -0.05) is 42.8 Å². The first-order chi connectivity index (χ1) is 23.7. The number of hydrogen-bond donors (Lipinski definition) is 3. The summed E-state index contributed by atoms with van der Waals surface area (Å²) in [4.78, 5) is 54.9. The fourth-order valence-corrected chi connectivity index (χ4v) is 7.61. The number of rotatable bonds is 12. The van der Waals surface area contributed by atoms with Crippen molar-refractivity contribution in [1.29, 1.82) is 0 Å². The summed E-state index contributed by atoms with van der Waals surface area (Å²) in [7, 11) is 1.56. The minimum atomic E-state index is -0.524. The van der Waals surface area contributed by atoms with Crippen molar-refractivity contribution < 1.29 is 28.7 Å². The predicted molar refractivity (Wildman–Crippen MR) is 195 cm³/mol. The number of carbonyl (C=O) groups is 4. The van der Waals surface area contributed by atoms with E-state index < -0.39 is 23.0 Å². The molecule has 1 aromatic heterocycles. The minimum Gasteiger partial charge on any atom is -0.497 e. The van der Waals surface area contributed by atoms with Gasteiger partial charge in [0.1, 0.15) is 16.4 Å². The molecule has 49 heavy (non-hydrogen) atoms. The summed E-state index contributed by atoms with van der Waals surface area (Å²) in [6, 6.07) is 22.9. The zero-order valence-corrected chi connectivity index (χ0v) is 29.3. The highest BCUT2D eigenvalue weighted by Crippen LogP contribution is 2.38. The van der Waals surface area contributed by atoms with Gasteiger partial charge in [0.25, 0.3) is 11.8 Å². The summed E-state index contributed by atoms with van der Waals surface area (Å²) in [5.41, 5.74) is 3.08. The Labute approximate surface area is 294 Å². The van der Waals surface area contributed by atoms with Gasteiger partial charge in [0.05, 0.1) is 24.5 Å². The van der Waals surface area contributed by atoms with E-state index in [1.54, 1.807) is 93.8 Å². The third-order valence-corrected chi connectivity index (χ3v) is 10.1. The lowest BCUT2D eigenvalue weighted by molar-refractivity contribution is -0.115. The third kappa shape index (κ3) is 9.39. The topological polar surface area (TPSA) is 123 Å². The van der Waals surface area contributed by atoms with Crippen LogP contribution in [0.3, 0.4) is 0 Å². The molecule has 254 valence electrons. The van der Waals surface area contributed by atoms with Gasteiger partial charge in [-0.25, -0.2) is 4.79 Å². The number of amides is 3. The maximum Gasteiger partial charge on any atom is 0.341 e. The number of benzene rings is 3. The fourth-order valence-electron chi connectivity index (χ4n) is 5.41. The number of hydrogen-bond acceptors (Lipinski definition) is 8. The maximum atomic E-state index is 13.6. The van der Waals surface area contributed by atoms with E-state index in [9.17, 15) is 19.2 Å². The largest absolute Gasteiger partial charge is 0.497 e. The Kier molecular flexibility index (Phi) is 12.3. The number of nitrogens with one attached hydrogen (secondary N) is 3. The van der Waals surface area contributed by atoms with E-state index in [1.165, 1.54) is 23.1 Å². The molecule has 1 heterocycles. The van der Waals surface area contributed by atoms with Crippen molar-refractivity contribution >= 4 is 63.6 Å². The Balaban J connectivity index is 1.30. The highest BCUT2D eigenvalue weighted by Gasteiger charge is 2.28. The van der Waals surface area contributed by atoms with Gasteiger partial charge in [0, 0.05) is 21.0 Å². The Morgan fingerprint density at radius 1 is 0.918 bits per heavy atom. The van der Waals surface area contributed by atoms with Crippen LogP contribution in [0.1, 0.15) is 69.8 Å². The summed E-state index contributed by atoms with van der Waals surface area (Å²) >= 11 is 2.79. The SMILES string of the molecule is CCOC(=O)c1c(NC(=O)C(C)Sc2cccc(NC(=O)/C(=C/c3cccc(OC)c3)NC(=O)c3ccccc3)c2)sc2c1CCCCC2. The number of esters is 1. The molecule has 0 radical (unpaired) electrons. The molecule has 0 aliphatic heterocycles. The van der Waals surface area contributed by atoms with Crippen LogP contribution in [0.4, 0.5) is 10.7 Å². The predicted octanol–water partition coefficient (Wildman–Crippen LogP) is 7.73. The zero-order chi connectivity index (χ0) is 34.8. The molecule has 3 amide bonds. The molecule has 5 rings (SSSR count). The van der Waals surface area contributed by atoms with Gasteiger partial charge in [-0.15, -0.1) is 23.1 Å². The average molecular weight is 698 g/mol. The quantitative estimate of drug-likeness (QED) is 0.0599. The molecule has 1 aliphatic carbocycles. The molecule has 9 nitrogen and oxygen atoms in total. The van der Waals surface area contributed by atoms with Crippen LogP contribution in [0, 0.1) is 0 Å². The summed E-state index contributed by atoms with van der Waals surface area (Å²) in [6.45, 7) is 3.82. The Bertz CT molecular complexity index is 1850. The molecule has 1 aliphatic rings. The molecule has 0 spiro atoms. The molecular weight excluding hydrogens is 659 g/mol. The van der Waals surface area contributed by atoms with Gasteiger partial charge in [0.2, 0.25) is 5.91 Å². The number of thioether (sulfide) groups is 1. The van der Waals surface area contributed by atoms with E-state index in [-0.39, 0.29) is 18.2 Å². The maximum absolute atomic E-state index is 13.6. The first-order valence-electron chi connectivity index (χ1n) is 16.2. The second-order valence-corrected chi connectivity index (χ2v) is 13.9. The van der Waals surface area contributed by atoms with Crippen molar-refractivity contribution in [3.05, 3.63) is 112 Å². The fraction of sp³-hybridized carbons (Fsp3) is 0.263. The van der Waals surface area contributed by atoms with Crippen molar-refractivity contribution in [2.24, 2.45) is 0 Å². The van der Waals surface area contributed by atoms with Crippen LogP contribution in [0.5, 0.6) is 5.75 Å². The van der Waals surface area contributed by atoms with Crippen molar-refractivity contribution in [3.8, 4) is 5.75 Å². The highest BCUT2D eigenvalue weighted by atomic mass is 32.2. The average Bonchev–Trinajstić information content (AvgIpc) is 3.28. The number of carbonyl (C=O) groups excluding carboxylic acids is 4. The van der Waals surface area contributed by atoms with E-state index in [4.69, 9.17) is 9.47 Å². The summed E-state index contributed by atoms with van der Waals surface area (Å²) in [6.07, 6.45) is 6.43. The van der Waals surface area contributed by atoms with E-state index >= 15 is 0 Å². The number of methoxy groups -OCH3 is 1. The molecule has 1 unspecified atom stereocenters. The van der Waals surface area contributed by atoms with Gasteiger partial charge < -0.3 is 25.4 Å². The Hall–Kier alpha value is -4.87. The molecule has 0 saturated heterocycles. The zero-order valence-electron chi connectivity index (χ0n) is 27.7. The number of fused-ring (bicyclic) bond motifs is 1. The lowest BCUT2D eigenvalue weighted by atomic mass is 10.1. The Morgan fingerprint density at radius 3 is 2.47 bits per heavy atom. The summed E-state index contributed by atoms with van der Waals surface area (Å²) in [5, 5.41) is 8.65. The summed E-state index contributed by atoms with van der Waals surface area (Å²) < 4.78 is 10.7. The van der Waals surface area contributed by atoms with Crippen molar-refractivity contribution in [2.45, 2.75) is 56.1 Å².